The molecule has 1 N–H and O–H groups in total. The quantitative estimate of drug-likeness (QED) is 0.234. The van der Waals surface area contributed by atoms with E-state index in [2.05, 4.69) is 26.5 Å². The normalized spacial score (nSPS) is 11.8. The lowest BCUT2D eigenvalue weighted by molar-refractivity contribution is -0.120. The van der Waals surface area contributed by atoms with Crippen LogP contribution in [-0.4, -0.2) is 24.5 Å². The summed E-state index contributed by atoms with van der Waals surface area (Å²) < 4.78 is 12.3. The molecule has 0 radical (unpaired) electrons. The first-order valence-electron chi connectivity index (χ1n) is 9.65. The molecule has 1 atom stereocenters. The molecule has 0 unspecified atom stereocenters. The van der Waals surface area contributed by atoms with Crippen LogP contribution in [0.25, 0.3) is 0 Å². The second kappa shape index (κ2) is 11.6. The largest absolute Gasteiger partial charge is 0.493 e. The Morgan fingerprint density at radius 3 is 2.55 bits per heavy atom. The lowest BCUT2D eigenvalue weighted by Gasteiger charge is -2.11. The van der Waals surface area contributed by atoms with Crippen molar-refractivity contribution in [2.75, 3.05) is 7.11 Å². The van der Waals surface area contributed by atoms with E-state index in [1.807, 2.05) is 79.7 Å². The van der Waals surface area contributed by atoms with Crippen LogP contribution in [0.5, 0.6) is 11.5 Å². The zero-order valence-corrected chi connectivity index (χ0v) is 19.7. The number of nitrogens with one attached hydrogen (secondary N) is 1. The Bertz CT molecular complexity index is 1030. The van der Waals surface area contributed by atoms with Crippen molar-refractivity contribution >= 4 is 39.8 Å². The number of benzene rings is 3. The van der Waals surface area contributed by atoms with Crippen LogP contribution in [-0.2, 0) is 11.4 Å². The number of hydrogen-bond acceptors (Lipinski definition) is 5. The molecule has 1 amide bonds. The number of amides is 1. The number of methoxy groups -OCH3 is 1. The van der Waals surface area contributed by atoms with Crippen LogP contribution in [0.15, 0.2) is 87.3 Å². The molecule has 0 aliphatic heterocycles. The Morgan fingerprint density at radius 1 is 1.10 bits per heavy atom. The Labute approximate surface area is 195 Å². The zero-order valence-electron chi connectivity index (χ0n) is 17.2. The average Bonchev–Trinajstić information content (AvgIpc) is 2.79. The van der Waals surface area contributed by atoms with Crippen LogP contribution >= 0.6 is 27.7 Å². The second-order valence-electron chi connectivity index (χ2n) is 6.63. The molecule has 0 aliphatic rings. The summed E-state index contributed by atoms with van der Waals surface area (Å²) in [4.78, 5) is 13.3. The third-order valence-corrected chi connectivity index (χ3v) is 5.95. The smallest absolute Gasteiger partial charge is 0.253 e. The molecule has 3 rings (SSSR count). The second-order valence-corrected chi connectivity index (χ2v) is 8.96. The Kier molecular flexibility index (Phi) is 8.55. The number of nitrogens with zero attached hydrogens (tertiary/aromatic N) is 1. The van der Waals surface area contributed by atoms with Crippen molar-refractivity contribution in [2.45, 2.75) is 23.7 Å². The predicted octanol–water partition coefficient (Wildman–Crippen LogP) is 5.67. The van der Waals surface area contributed by atoms with Crippen molar-refractivity contribution in [2.24, 2.45) is 5.10 Å². The van der Waals surface area contributed by atoms with Gasteiger partial charge in [-0.3, -0.25) is 4.79 Å². The zero-order chi connectivity index (χ0) is 22.1. The van der Waals surface area contributed by atoms with Gasteiger partial charge in [-0.2, -0.15) is 5.10 Å². The molecular formula is C24H23BrN2O3S. The monoisotopic (exact) mass is 498 g/mol. The Hall–Kier alpha value is -2.77. The van der Waals surface area contributed by atoms with Gasteiger partial charge in [-0.15, -0.1) is 11.8 Å². The van der Waals surface area contributed by atoms with Gasteiger partial charge in [0.05, 0.1) is 18.6 Å². The number of hydrogen-bond donors (Lipinski definition) is 1. The van der Waals surface area contributed by atoms with Crippen LogP contribution in [0, 0.1) is 0 Å². The van der Waals surface area contributed by atoms with Gasteiger partial charge < -0.3 is 9.47 Å². The molecule has 160 valence electrons. The Morgan fingerprint density at radius 2 is 1.84 bits per heavy atom. The standard InChI is InChI=1S/C24H23BrN2O3S/c1-17(31-21-6-4-3-5-7-21)24(28)27-26-15-19-10-13-22(23(14-19)29-2)30-16-18-8-11-20(25)12-9-18/h3-15,17H,16H2,1-2H3,(H,27,28)/b26-15-/t17-/m0/s1. The van der Waals surface area contributed by atoms with E-state index in [0.29, 0.717) is 18.1 Å². The maximum absolute atomic E-state index is 12.3. The number of carbonyl (C=O) groups is 1. The van der Waals surface area contributed by atoms with Crippen LogP contribution < -0.4 is 14.9 Å². The van der Waals surface area contributed by atoms with Gasteiger partial charge in [0.25, 0.3) is 5.91 Å². The first kappa shape index (κ1) is 22.9. The summed E-state index contributed by atoms with van der Waals surface area (Å²) in [5, 5.41) is 3.81. The lowest BCUT2D eigenvalue weighted by atomic mass is 10.2. The number of rotatable bonds is 9. The molecule has 0 aromatic heterocycles. The van der Waals surface area contributed by atoms with E-state index in [1.165, 1.54) is 11.8 Å². The van der Waals surface area contributed by atoms with E-state index < -0.39 is 0 Å². The number of hydrazone groups is 1. The number of carbonyl (C=O) groups excluding carboxylic acids is 1. The predicted molar refractivity (Wildman–Crippen MR) is 129 cm³/mol. The van der Waals surface area contributed by atoms with E-state index in [-0.39, 0.29) is 11.2 Å². The lowest BCUT2D eigenvalue weighted by Crippen LogP contribution is -2.26. The van der Waals surface area contributed by atoms with E-state index in [0.717, 1.165) is 20.5 Å². The van der Waals surface area contributed by atoms with Gasteiger partial charge in [-0.25, -0.2) is 5.43 Å². The highest BCUT2D eigenvalue weighted by atomic mass is 79.9. The maximum Gasteiger partial charge on any atom is 0.253 e. The Balaban J connectivity index is 1.55. The van der Waals surface area contributed by atoms with E-state index in [1.54, 1.807) is 13.3 Å². The third-order valence-electron chi connectivity index (χ3n) is 4.31. The summed E-state index contributed by atoms with van der Waals surface area (Å²) in [7, 11) is 1.59. The van der Waals surface area contributed by atoms with Crippen molar-refractivity contribution in [1.29, 1.82) is 0 Å². The van der Waals surface area contributed by atoms with Crippen molar-refractivity contribution < 1.29 is 14.3 Å². The van der Waals surface area contributed by atoms with Gasteiger partial charge in [0.2, 0.25) is 0 Å². The SMILES string of the molecule is COc1cc(/C=N\NC(=O)[C@H](C)Sc2ccccc2)ccc1OCc1ccc(Br)cc1. The molecular weight excluding hydrogens is 476 g/mol. The van der Waals surface area contributed by atoms with Crippen molar-refractivity contribution in [3.05, 3.63) is 88.4 Å². The molecule has 31 heavy (non-hydrogen) atoms. The van der Waals surface area contributed by atoms with E-state index >= 15 is 0 Å². The minimum Gasteiger partial charge on any atom is -0.493 e. The highest BCUT2D eigenvalue weighted by Gasteiger charge is 2.13. The number of ether oxygens (including phenoxy) is 2. The van der Waals surface area contributed by atoms with Gasteiger partial charge in [0, 0.05) is 9.37 Å². The molecule has 0 bridgehead atoms. The van der Waals surface area contributed by atoms with Crippen LogP contribution in [0.4, 0.5) is 0 Å². The highest BCUT2D eigenvalue weighted by molar-refractivity contribution is 9.10. The summed E-state index contributed by atoms with van der Waals surface area (Å²) in [6, 6.07) is 23.2. The fourth-order valence-corrected chi connectivity index (χ4v) is 3.79. The number of halogens is 1. The molecule has 0 spiro atoms. The van der Waals surface area contributed by atoms with Crippen molar-refractivity contribution in [1.82, 2.24) is 5.43 Å². The maximum atomic E-state index is 12.3. The molecule has 7 heteroatoms. The van der Waals surface area contributed by atoms with Gasteiger partial charge in [-0.05, 0) is 60.5 Å². The summed E-state index contributed by atoms with van der Waals surface area (Å²) >= 11 is 4.91. The molecule has 0 fully saturated rings. The van der Waals surface area contributed by atoms with Crippen molar-refractivity contribution in [3.63, 3.8) is 0 Å². The fraction of sp³-hybridized carbons (Fsp3) is 0.167. The summed E-state index contributed by atoms with van der Waals surface area (Å²) in [5.41, 5.74) is 4.43. The summed E-state index contributed by atoms with van der Waals surface area (Å²) in [6.45, 7) is 2.28. The molecule has 0 saturated carbocycles. The molecule has 0 saturated heterocycles. The van der Waals surface area contributed by atoms with Gasteiger partial charge in [-0.1, -0.05) is 46.3 Å². The molecule has 0 heterocycles. The van der Waals surface area contributed by atoms with Crippen LogP contribution in [0.2, 0.25) is 0 Å². The average molecular weight is 499 g/mol. The molecule has 5 nitrogen and oxygen atoms in total. The number of thioether (sulfide) groups is 1. The van der Waals surface area contributed by atoms with E-state index in [4.69, 9.17) is 9.47 Å². The van der Waals surface area contributed by atoms with Crippen LogP contribution in [0.3, 0.4) is 0 Å². The summed E-state index contributed by atoms with van der Waals surface area (Å²) in [5.74, 6) is 1.08. The molecule has 3 aromatic rings. The van der Waals surface area contributed by atoms with Gasteiger partial charge >= 0.3 is 0 Å². The topological polar surface area (TPSA) is 59.9 Å². The van der Waals surface area contributed by atoms with E-state index in [9.17, 15) is 4.79 Å². The fourth-order valence-electron chi connectivity index (χ4n) is 2.64. The van der Waals surface area contributed by atoms with Crippen LogP contribution in [0.1, 0.15) is 18.1 Å². The minimum atomic E-state index is -0.261. The van der Waals surface area contributed by atoms with Gasteiger partial charge in [0.1, 0.15) is 6.61 Å². The molecule has 3 aromatic carbocycles. The van der Waals surface area contributed by atoms with Gasteiger partial charge in [0.15, 0.2) is 11.5 Å². The minimum absolute atomic E-state index is 0.161. The molecule has 0 aliphatic carbocycles. The highest BCUT2D eigenvalue weighted by Crippen LogP contribution is 2.28. The van der Waals surface area contributed by atoms with Crippen molar-refractivity contribution in [3.8, 4) is 11.5 Å². The summed E-state index contributed by atoms with van der Waals surface area (Å²) in [6.07, 6.45) is 1.58. The third kappa shape index (κ3) is 7.15. The first-order chi connectivity index (χ1) is 15.0. The first-order valence-corrected chi connectivity index (χ1v) is 11.3.